The average molecular weight is 455 g/mol. The van der Waals surface area contributed by atoms with Crippen molar-refractivity contribution in [2.24, 2.45) is 5.92 Å². The van der Waals surface area contributed by atoms with Gasteiger partial charge in [-0.2, -0.15) is 0 Å². The van der Waals surface area contributed by atoms with Crippen LogP contribution in [-0.2, 0) is 14.6 Å². The topological polar surface area (TPSA) is 57.7 Å². The maximum atomic E-state index is 13.4. The minimum atomic E-state index is -2.98. The van der Waals surface area contributed by atoms with E-state index in [1.807, 2.05) is 11.0 Å². The molecule has 7 heteroatoms. The van der Waals surface area contributed by atoms with E-state index in [-0.39, 0.29) is 29.4 Å². The van der Waals surface area contributed by atoms with Crippen molar-refractivity contribution in [2.75, 3.05) is 36.0 Å². The van der Waals surface area contributed by atoms with E-state index in [1.165, 1.54) is 21.3 Å². The van der Waals surface area contributed by atoms with E-state index in [0.717, 1.165) is 13.1 Å². The summed E-state index contributed by atoms with van der Waals surface area (Å²) < 4.78 is 23.6. The predicted octanol–water partition coefficient (Wildman–Crippen LogP) is 4.12. The average Bonchev–Trinajstić information content (AvgIpc) is 3.33. The molecule has 2 fully saturated rings. The van der Waals surface area contributed by atoms with E-state index >= 15 is 0 Å². The Bertz CT molecular complexity index is 1170. The van der Waals surface area contributed by atoms with Crippen LogP contribution in [0.25, 0.3) is 10.8 Å². The van der Waals surface area contributed by atoms with Crippen LogP contribution in [-0.4, -0.2) is 50.4 Å². The number of rotatable bonds is 3. The number of hydrogen-bond donors (Lipinski definition) is 0. The highest BCUT2D eigenvalue weighted by molar-refractivity contribution is 7.91. The van der Waals surface area contributed by atoms with Crippen LogP contribution in [0.15, 0.2) is 60.0 Å². The highest BCUT2D eigenvalue weighted by Crippen LogP contribution is 2.36. The molecule has 2 aliphatic rings. The summed E-state index contributed by atoms with van der Waals surface area (Å²) in [6.07, 6.45) is 0.893. The zero-order chi connectivity index (χ0) is 21.4. The second-order valence-corrected chi connectivity index (χ2v) is 11.7. The minimum Gasteiger partial charge on any atom is -0.367 e. The number of amides is 1. The minimum absolute atomic E-state index is 0.0150. The third kappa shape index (κ3) is 4.08. The van der Waals surface area contributed by atoms with Crippen molar-refractivity contribution in [3.8, 4) is 0 Å². The lowest BCUT2D eigenvalue weighted by atomic mass is 9.98. The summed E-state index contributed by atoms with van der Waals surface area (Å²) in [5.41, 5.74) is 1.20. The molecule has 0 aliphatic carbocycles. The third-order valence-electron chi connectivity index (χ3n) is 6.55. The van der Waals surface area contributed by atoms with Crippen LogP contribution in [0, 0.1) is 5.92 Å². The van der Waals surface area contributed by atoms with Gasteiger partial charge in [-0.1, -0.05) is 42.5 Å². The molecule has 1 atom stereocenters. The Balaban J connectivity index is 1.42. The van der Waals surface area contributed by atoms with Crippen molar-refractivity contribution >= 4 is 43.5 Å². The number of nitrogens with zero attached hydrogens (tertiary/aromatic N) is 2. The van der Waals surface area contributed by atoms with Crippen LogP contribution < -0.4 is 4.90 Å². The van der Waals surface area contributed by atoms with Crippen molar-refractivity contribution < 1.29 is 13.2 Å². The van der Waals surface area contributed by atoms with Crippen molar-refractivity contribution in [3.63, 3.8) is 0 Å². The number of hydrogen-bond acceptors (Lipinski definition) is 5. The number of carbonyl (C=O) groups is 1. The molecule has 0 radical (unpaired) electrons. The summed E-state index contributed by atoms with van der Waals surface area (Å²) >= 11 is 1.68. The number of thiophene rings is 1. The number of benzene rings is 2. The quantitative estimate of drug-likeness (QED) is 0.598. The fourth-order valence-electron chi connectivity index (χ4n) is 4.85. The third-order valence-corrected chi connectivity index (χ3v) is 9.24. The van der Waals surface area contributed by atoms with Crippen molar-refractivity contribution in [2.45, 2.75) is 18.9 Å². The van der Waals surface area contributed by atoms with Gasteiger partial charge in [0.1, 0.15) is 9.84 Å². The lowest BCUT2D eigenvalue weighted by molar-refractivity contribution is -0.138. The largest absolute Gasteiger partial charge is 0.367 e. The standard InChI is InChI=1S/C24H26N2O3S2/c27-24(19-10-15-31(28,29)16-11-19)26-13-12-25(17-22(26)23-9-4-14-30-23)21-8-3-6-18-5-1-2-7-20(18)21/h1-9,14,19,22H,10-13,15-17H2. The van der Waals surface area contributed by atoms with Crippen LogP contribution in [0.5, 0.6) is 0 Å². The van der Waals surface area contributed by atoms with Gasteiger partial charge in [0.05, 0.1) is 17.5 Å². The summed E-state index contributed by atoms with van der Waals surface area (Å²) in [6, 6.07) is 18.9. The van der Waals surface area contributed by atoms with Gasteiger partial charge in [-0.3, -0.25) is 4.79 Å². The maximum absolute atomic E-state index is 13.4. The Morgan fingerprint density at radius 1 is 0.935 bits per heavy atom. The van der Waals surface area contributed by atoms with Crippen molar-refractivity contribution in [3.05, 3.63) is 64.9 Å². The predicted molar refractivity (Wildman–Crippen MR) is 126 cm³/mol. The molecule has 162 valence electrons. The normalized spacial score (nSPS) is 22.0. The molecule has 0 N–H and O–H groups in total. The fourth-order valence-corrected chi connectivity index (χ4v) is 7.17. The van der Waals surface area contributed by atoms with Crippen LogP contribution >= 0.6 is 11.3 Å². The first-order chi connectivity index (χ1) is 15.0. The molecule has 5 nitrogen and oxygen atoms in total. The SMILES string of the molecule is O=C(C1CCS(=O)(=O)CC1)N1CCN(c2cccc3ccccc23)CC1c1cccs1. The molecule has 31 heavy (non-hydrogen) atoms. The molecule has 0 spiro atoms. The molecule has 1 aromatic heterocycles. The fraction of sp³-hybridized carbons (Fsp3) is 0.375. The second-order valence-electron chi connectivity index (χ2n) is 8.43. The molecular formula is C24H26N2O3S2. The van der Waals surface area contributed by atoms with Crippen LogP contribution in [0.1, 0.15) is 23.8 Å². The van der Waals surface area contributed by atoms with Gasteiger partial charge in [0, 0.05) is 41.5 Å². The van der Waals surface area contributed by atoms with E-state index in [2.05, 4.69) is 58.8 Å². The Hall–Kier alpha value is -2.38. The number of sulfone groups is 1. The van der Waals surface area contributed by atoms with Gasteiger partial charge >= 0.3 is 0 Å². The molecule has 0 saturated carbocycles. The molecule has 2 aromatic carbocycles. The van der Waals surface area contributed by atoms with Gasteiger partial charge in [-0.05, 0) is 35.7 Å². The van der Waals surface area contributed by atoms with Crippen molar-refractivity contribution in [1.29, 1.82) is 0 Å². The molecule has 3 heterocycles. The Morgan fingerprint density at radius 3 is 2.48 bits per heavy atom. The van der Waals surface area contributed by atoms with Crippen molar-refractivity contribution in [1.82, 2.24) is 4.90 Å². The highest BCUT2D eigenvalue weighted by Gasteiger charge is 2.38. The van der Waals surface area contributed by atoms with Gasteiger partial charge in [-0.15, -0.1) is 11.3 Å². The monoisotopic (exact) mass is 454 g/mol. The van der Waals surface area contributed by atoms with Crippen LogP contribution in [0.3, 0.4) is 0 Å². The number of fused-ring (bicyclic) bond motifs is 1. The Labute approximate surface area is 187 Å². The van der Waals surface area contributed by atoms with Crippen LogP contribution in [0.4, 0.5) is 5.69 Å². The van der Waals surface area contributed by atoms with Gasteiger partial charge in [0.2, 0.25) is 5.91 Å². The first-order valence-electron chi connectivity index (χ1n) is 10.8. The number of carbonyl (C=O) groups excluding carboxylic acids is 1. The van der Waals surface area contributed by atoms with Gasteiger partial charge < -0.3 is 9.80 Å². The Kier molecular flexibility index (Phi) is 5.48. The number of anilines is 1. The molecule has 3 aromatic rings. The summed E-state index contributed by atoms with van der Waals surface area (Å²) in [5, 5.41) is 4.50. The van der Waals surface area contributed by atoms with Gasteiger partial charge in [0.25, 0.3) is 0 Å². The van der Waals surface area contributed by atoms with E-state index in [1.54, 1.807) is 11.3 Å². The lowest BCUT2D eigenvalue weighted by Crippen LogP contribution is -2.52. The molecule has 0 bridgehead atoms. The molecule has 1 unspecified atom stereocenters. The summed E-state index contributed by atoms with van der Waals surface area (Å²) in [7, 11) is -2.98. The van der Waals surface area contributed by atoms with E-state index in [4.69, 9.17) is 0 Å². The first kappa shape index (κ1) is 20.5. The smallest absolute Gasteiger partial charge is 0.226 e. The van der Waals surface area contributed by atoms with Crippen LogP contribution in [0.2, 0.25) is 0 Å². The molecule has 2 aliphatic heterocycles. The zero-order valence-corrected chi connectivity index (χ0v) is 18.9. The van der Waals surface area contributed by atoms with E-state index < -0.39 is 9.84 Å². The summed E-state index contributed by atoms with van der Waals surface area (Å²) in [5.74, 6) is 0.187. The molecule has 2 saturated heterocycles. The van der Waals surface area contributed by atoms with E-state index in [0.29, 0.717) is 19.4 Å². The first-order valence-corrected chi connectivity index (χ1v) is 13.5. The van der Waals surface area contributed by atoms with Gasteiger partial charge in [-0.25, -0.2) is 8.42 Å². The zero-order valence-electron chi connectivity index (χ0n) is 17.3. The summed E-state index contributed by atoms with van der Waals surface area (Å²) in [4.78, 5) is 19.0. The molecular weight excluding hydrogens is 428 g/mol. The Morgan fingerprint density at radius 2 is 1.71 bits per heavy atom. The molecule has 1 amide bonds. The van der Waals surface area contributed by atoms with Gasteiger partial charge in [0.15, 0.2) is 0 Å². The van der Waals surface area contributed by atoms with E-state index in [9.17, 15) is 13.2 Å². The molecule has 5 rings (SSSR count). The summed E-state index contributed by atoms with van der Waals surface area (Å²) in [6.45, 7) is 2.16. The highest BCUT2D eigenvalue weighted by atomic mass is 32.2. The second kappa shape index (κ2) is 8.28. The lowest BCUT2D eigenvalue weighted by Gasteiger charge is -2.44. The maximum Gasteiger partial charge on any atom is 0.226 e. The number of piperazine rings is 1.